The largest absolute Gasteiger partial charge is 0.381 e. The van der Waals surface area contributed by atoms with E-state index in [9.17, 15) is 9.18 Å². The number of rotatable bonds is 5. The lowest BCUT2D eigenvalue weighted by molar-refractivity contribution is -0.130. The number of carbonyl (C=O) groups is 1. The molecule has 2 aliphatic rings. The van der Waals surface area contributed by atoms with Crippen molar-refractivity contribution in [3.05, 3.63) is 65.5 Å². The highest BCUT2D eigenvalue weighted by Gasteiger charge is 2.41. The monoisotopic (exact) mass is 396 g/mol. The number of carbonyl (C=O) groups excluding carboxylic acids is 1. The van der Waals surface area contributed by atoms with E-state index in [0.717, 1.165) is 24.2 Å². The predicted octanol–water partition coefficient (Wildman–Crippen LogP) is 4.18. The first kappa shape index (κ1) is 19.9. The quantitative estimate of drug-likeness (QED) is 0.824. The van der Waals surface area contributed by atoms with Crippen LogP contribution in [0.5, 0.6) is 0 Å². The molecule has 4 nitrogen and oxygen atoms in total. The molecule has 0 aliphatic carbocycles. The minimum atomic E-state index is -0.728. The summed E-state index contributed by atoms with van der Waals surface area (Å²) < 4.78 is 19.3. The summed E-state index contributed by atoms with van der Waals surface area (Å²) in [6.07, 6.45) is 4.96. The van der Waals surface area contributed by atoms with Crippen molar-refractivity contribution in [1.82, 2.24) is 5.32 Å². The van der Waals surface area contributed by atoms with Gasteiger partial charge in [-0.15, -0.1) is 0 Å². The van der Waals surface area contributed by atoms with E-state index in [4.69, 9.17) is 4.74 Å². The summed E-state index contributed by atoms with van der Waals surface area (Å²) in [5, 5.41) is 3.10. The van der Waals surface area contributed by atoms with Crippen molar-refractivity contribution < 1.29 is 13.9 Å². The molecule has 0 unspecified atom stereocenters. The van der Waals surface area contributed by atoms with Gasteiger partial charge in [-0.25, -0.2) is 4.39 Å². The molecule has 1 amide bonds. The van der Waals surface area contributed by atoms with Gasteiger partial charge in [0.2, 0.25) is 5.91 Å². The van der Waals surface area contributed by atoms with Crippen molar-refractivity contribution in [2.45, 2.75) is 44.1 Å². The van der Waals surface area contributed by atoms with Crippen LogP contribution < -0.4 is 10.2 Å². The van der Waals surface area contributed by atoms with Crippen LogP contribution in [0.2, 0.25) is 0 Å². The van der Waals surface area contributed by atoms with Crippen LogP contribution in [0.4, 0.5) is 10.1 Å². The van der Waals surface area contributed by atoms with Crippen LogP contribution in [-0.2, 0) is 21.5 Å². The molecule has 2 aromatic rings. The van der Waals surface area contributed by atoms with E-state index >= 15 is 0 Å². The summed E-state index contributed by atoms with van der Waals surface area (Å²) in [5.74, 6) is -0.360. The Hall–Kier alpha value is -2.40. The molecule has 4 rings (SSSR count). The second-order valence-electron chi connectivity index (χ2n) is 8.10. The Labute approximate surface area is 172 Å². The number of halogens is 1. The third kappa shape index (κ3) is 4.45. The zero-order chi connectivity index (χ0) is 20.1. The molecule has 1 N–H and O–H groups in total. The Morgan fingerprint density at radius 1 is 1.03 bits per heavy atom. The highest BCUT2D eigenvalue weighted by molar-refractivity contribution is 5.88. The van der Waals surface area contributed by atoms with E-state index in [1.54, 1.807) is 6.07 Å². The molecular weight excluding hydrogens is 367 g/mol. The summed E-state index contributed by atoms with van der Waals surface area (Å²) in [5.41, 5.74) is 2.33. The van der Waals surface area contributed by atoms with E-state index in [1.165, 1.54) is 37.1 Å². The van der Waals surface area contributed by atoms with Gasteiger partial charge in [0.1, 0.15) is 5.82 Å². The van der Waals surface area contributed by atoms with Crippen LogP contribution in [0.3, 0.4) is 0 Å². The fourth-order valence-corrected chi connectivity index (χ4v) is 4.48. The molecule has 29 heavy (non-hydrogen) atoms. The highest BCUT2D eigenvalue weighted by atomic mass is 19.1. The van der Waals surface area contributed by atoms with Gasteiger partial charge in [0, 0.05) is 38.5 Å². The first-order valence-electron chi connectivity index (χ1n) is 10.6. The summed E-state index contributed by atoms with van der Waals surface area (Å²) in [6, 6.07) is 14.9. The van der Waals surface area contributed by atoms with Crippen LogP contribution in [0.25, 0.3) is 0 Å². The maximum absolute atomic E-state index is 13.8. The van der Waals surface area contributed by atoms with Gasteiger partial charge in [-0.3, -0.25) is 4.79 Å². The molecule has 154 valence electrons. The Morgan fingerprint density at radius 3 is 2.45 bits per heavy atom. The van der Waals surface area contributed by atoms with Gasteiger partial charge in [-0.2, -0.15) is 0 Å². The lowest BCUT2D eigenvalue weighted by atomic mass is 9.73. The number of piperidine rings is 1. The van der Waals surface area contributed by atoms with Gasteiger partial charge in [0.05, 0.1) is 5.41 Å². The molecule has 2 fully saturated rings. The van der Waals surface area contributed by atoms with E-state index in [2.05, 4.69) is 34.5 Å². The zero-order valence-electron chi connectivity index (χ0n) is 16.8. The Bertz CT molecular complexity index is 825. The van der Waals surface area contributed by atoms with Crippen LogP contribution in [0.15, 0.2) is 48.5 Å². The second kappa shape index (κ2) is 8.95. The fraction of sp³-hybridized carbons (Fsp3) is 0.458. The zero-order valence-corrected chi connectivity index (χ0v) is 16.8. The van der Waals surface area contributed by atoms with Crippen molar-refractivity contribution in [3.8, 4) is 0 Å². The van der Waals surface area contributed by atoms with Crippen LogP contribution in [0, 0.1) is 5.82 Å². The van der Waals surface area contributed by atoms with Crippen LogP contribution in [0.1, 0.15) is 43.2 Å². The standard InChI is InChI=1S/C24H29FN2O2/c25-21-6-4-5-20(17-21)24(11-15-29-16-12-24)23(28)26-18-19-7-9-22(10-8-19)27-13-2-1-3-14-27/h4-10,17H,1-3,11-16,18H2,(H,26,28). The number of ether oxygens (including phenoxy) is 1. The third-order valence-electron chi connectivity index (χ3n) is 6.27. The molecule has 5 heteroatoms. The average molecular weight is 397 g/mol. The van der Waals surface area contributed by atoms with E-state index in [0.29, 0.717) is 32.6 Å². The first-order valence-corrected chi connectivity index (χ1v) is 10.6. The third-order valence-corrected chi connectivity index (χ3v) is 6.27. The van der Waals surface area contributed by atoms with Gasteiger partial charge < -0.3 is 15.0 Å². The lowest BCUT2D eigenvalue weighted by Gasteiger charge is -2.36. The summed E-state index contributed by atoms with van der Waals surface area (Å²) in [4.78, 5) is 15.6. The SMILES string of the molecule is O=C(NCc1ccc(N2CCCCC2)cc1)C1(c2cccc(F)c2)CCOCC1. The molecule has 2 saturated heterocycles. The molecule has 2 heterocycles. The summed E-state index contributed by atoms with van der Waals surface area (Å²) in [7, 11) is 0. The van der Waals surface area contributed by atoms with E-state index in [-0.39, 0.29) is 11.7 Å². The number of amides is 1. The molecule has 2 aliphatic heterocycles. The number of anilines is 1. The van der Waals surface area contributed by atoms with Gasteiger partial charge >= 0.3 is 0 Å². The second-order valence-corrected chi connectivity index (χ2v) is 8.10. The van der Waals surface area contributed by atoms with E-state index < -0.39 is 5.41 Å². The minimum absolute atomic E-state index is 0.0495. The summed E-state index contributed by atoms with van der Waals surface area (Å²) in [6.45, 7) is 3.72. The van der Waals surface area contributed by atoms with Crippen molar-refractivity contribution in [1.29, 1.82) is 0 Å². The fourth-order valence-electron chi connectivity index (χ4n) is 4.48. The van der Waals surface area contributed by atoms with Crippen LogP contribution >= 0.6 is 0 Å². The number of hydrogen-bond donors (Lipinski definition) is 1. The van der Waals surface area contributed by atoms with Crippen molar-refractivity contribution in [2.75, 3.05) is 31.2 Å². The first-order chi connectivity index (χ1) is 14.2. The highest BCUT2D eigenvalue weighted by Crippen LogP contribution is 2.35. The van der Waals surface area contributed by atoms with Gasteiger partial charge in [-0.1, -0.05) is 24.3 Å². The normalized spacial score (nSPS) is 19.0. The molecule has 0 saturated carbocycles. The Morgan fingerprint density at radius 2 is 1.76 bits per heavy atom. The Balaban J connectivity index is 1.44. The van der Waals surface area contributed by atoms with E-state index in [1.807, 2.05) is 6.07 Å². The molecule has 0 aromatic heterocycles. The van der Waals surface area contributed by atoms with Crippen LogP contribution in [-0.4, -0.2) is 32.2 Å². The minimum Gasteiger partial charge on any atom is -0.381 e. The smallest absolute Gasteiger partial charge is 0.231 e. The topological polar surface area (TPSA) is 41.6 Å². The number of hydrogen-bond acceptors (Lipinski definition) is 3. The molecule has 0 radical (unpaired) electrons. The molecular formula is C24H29FN2O2. The number of nitrogens with zero attached hydrogens (tertiary/aromatic N) is 1. The van der Waals surface area contributed by atoms with Crippen molar-refractivity contribution in [2.24, 2.45) is 0 Å². The van der Waals surface area contributed by atoms with Gasteiger partial charge in [0.25, 0.3) is 0 Å². The molecule has 0 atom stereocenters. The lowest BCUT2D eigenvalue weighted by Crippen LogP contribution is -2.47. The number of benzene rings is 2. The Kier molecular flexibility index (Phi) is 6.14. The predicted molar refractivity (Wildman–Crippen MR) is 112 cm³/mol. The van der Waals surface area contributed by atoms with Gasteiger partial charge in [0.15, 0.2) is 0 Å². The maximum Gasteiger partial charge on any atom is 0.231 e. The van der Waals surface area contributed by atoms with Crippen molar-refractivity contribution in [3.63, 3.8) is 0 Å². The number of nitrogens with one attached hydrogen (secondary N) is 1. The molecule has 0 bridgehead atoms. The maximum atomic E-state index is 13.8. The summed E-state index contributed by atoms with van der Waals surface area (Å²) >= 11 is 0. The molecule has 2 aromatic carbocycles. The van der Waals surface area contributed by atoms with Crippen molar-refractivity contribution >= 4 is 11.6 Å². The molecule has 0 spiro atoms. The average Bonchev–Trinajstić information content (AvgIpc) is 2.79. The van der Waals surface area contributed by atoms with Gasteiger partial charge in [-0.05, 0) is 67.5 Å².